The summed E-state index contributed by atoms with van der Waals surface area (Å²) in [5.74, 6) is 1.82. The topological polar surface area (TPSA) is 45.7 Å². The van der Waals surface area contributed by atoms with Crippen molar-refractivity contribution in [3.63, 3.8) is 0 Å². The Morgan fingerprint density at radius 3 is 2.67 bits per heavy atom. The summed E-state index contributed by atoms with van der Waals surface area (Å²) in [6.07, 6.45) is 4.22. The molecule has 0 unspecified atom stereocenters. The summed E-state index contributed by atoms with van der Waals surface area (Å²) < 4.78 is 5.43. The zero-order valence-electron chi connectivity index (χ0n) is 15.5. The molecule has 0 atom stereocenters. The fourth-order valence-corrected chi connectivity index (χ4v) is 2.20. The Hall–Kier alpha value is -0.630. The van der Waals surface area contributed by atoms with Crippen LogP contribution < -0.4 is 15.4 Å². The Morgan fingerprint density at radius 2 is 2.04 bits per heavy atom. The predicted molar refractivity (Wildman–Crippen MR) is 118 cm³/mol. The molecule has 0 aliphatic carbocycles. The number of hydrogen-bond acceptors (Lipinski definition) is 3. The second-order valence-corrected chi connectivity index (χ2v) is 7.55. The number of halogens is 1. The first kappa shape index (κ1) is 23.4. The Bertz CT molecular complexity index is 495. The average Bonchev–Trinajstić information content (AvgIpc) is 2.56. The van der Waals surface area contributed by atoms with E-state index in [9.17, 15) is 0 Å². The van der Waals surface area contributed by atoms with Crippen molar-refractivity contribution in [2.24, 2.45) is 4.99 Å². The van der Waals surface area contributed by atoms with E-state index in [-0.39, 0.29) is 28.7 Å². The van der Waals surface area contributed by atoms with Crippen LogP contribution in [0.5, 0.6) is 5.75 Å². The molecule has 0 amide bonds. The maximum Gasteiger partial charge on any atom is 0.191 e. The van der Waals surface area contributed by atoms with Crippen molar-refractivity contribution in [1.82, 2.24) is 10.6 Å². The molecule has 1 aromatic carbocycles. The number of rotatable bonds is 9. The fraction of sp³-hybridized carbons (Fsp3) is 0.611. The first-order valence-electron chi connectivity index (χ1n) is 8.21. The van der Waals surface area contributed by atoms with Crippen LogP contribution in [0.15, 0.2) is 29.3 Å². The average molecular weight is 465 g/mol. The molecule has 4 nitrogen and oxygen atoms in total. The molecule has 0 aliphatic rings. The number of thioether (sulfide) groups is 1. The van der Waals surface area contributed by atoms with Gasteiger partial charge in [0.1, 0.15) is 5.75 Å². The third-order valence-electron chi connectivity index (χ3n) is 3.58. The maximum absolute atomic E-state index is 5.26. The van der Waals surface area contributed by atoms with Crippen LogP contribution in [0.2, 0.25) is 0 Å². The summed E-state index contributed by atoms with van der Waals surface area (Å²) in [5, 5.41) is 6.72. The van der Waals surface area contributed by atoms with E-state index in [4.69, 9.17) is 4.74 Å². The van der Waals surface area contributed by atoms with E-state index in [0.29, 0.717) is 0 Å². The summed E-state index contributed by atoms with van der Waals surface area (Å²) in [7, 11) is 1.70. The number of nitrogens with zero attached hydrogens (tertiary/aromatic N) is 1. The van der Waals surface area contributed by atoms with E-state index in [1.54, 1.807) is 7.11 Å². The number of nitrogens with one attached hydrogen (secondary N) is 2. The normalized spacial score (nSPS) is 11.6. The monoisotopic (exact) mass is 465 g/mol. The summed E-state index contributed by atoms with van der Waals surface area (Å²) in [6, 6.07) is 8.26. The SMILES string of the molecule is CCNC(=NCC(C)(C)SC)NCCCc1cccc(OC)c1.I. The minimum absolute atomic E-state index is 0. The fourth-order valence-electron chi connectivity index (χ4n) is 2.00. The van der Waals surface area contributed by atoms with Crippen LogP contribution in [0.3, 0.4) is 0 Å². The molecular formula is C18H32IN3OS. The molecule has 0 heterocycles. The number of aliphatic imine (C=N–C) groups is 1. The molecular weight excluding hydrogens is 433 g/mol. The van der Waals surface area contributed by atoms with E-state index < -0.39 is 0 Å². The number of ether oxygens (including phenoxy) is 1. The molecule has 0 radical (unpaired) electrons. The summed E-state index contributed by atoms with van der Waals surface area (Å²) >= 11 is 1.84. The molecule has 0 bridgehead atoms. The zero-order valence-corrected chi connectivity index (χ0v) is 18.7. The van der Waals surface area contributed by atoms with Crippen LogP contribution in [0.4, 0.5) is 0 Å². The van der Waals surface area contributed by atoms with E-state index in [2.05, 4.69) is 54.8 Å². The van der Waals surface area contributed by atoms with Crippen LogP contribution in [-0.2, 0) is 6.42 Å². The zero-order chi connectivity index (χ0) is 17.1. The highest BCUT2D eigenvalue weighted by atomic mass is 127. The van der Waals surface area contributed by atoms with E-state index in [1.165, 1.54) is 5.56 Å². The van der Waals surface area contributed by atoms with Crippen molar-refractivity contribution >= 4 is 41.7 Å². The lowest BCUT2D eigenvalue weighted by atomic mass is 10.1. The van der Waals surface area contributed by atoms with Crippen LogP contribution in [0.1, 0.15) is 32.8 Å². The molecule has 24 heavy (non-hydrogen) atoms. The molecule has 0 fully saturated rings. The van der Waals surface area contributed by atoms with Crippen molar-refractivity contribution in [1.29, 1.82) is 0 Å². The van der Waals surface area contributed by atoms with E-state index in [1.807, 2.05) is 23.9 Å². The standard InChI is InChI=1S/C18H31N3OS.HI/c1-6-19-17(21-14-18(2,3)23-5)20-12-8-10-15-9-7-11-16(13-15)22-4;/h7,9,11,13H,6,8,10,12,14H2,1-5H3,(H2,19,20,21);1H. The molecule has 6 heteroatoms. The second kappa shape index (κ2) is 12.7. The predicted octanol–water partition coefficient (Wildman–Crippen LogP) is 3.94. The van der Waals surface area contributed by atoms with Gasteiger partial charge in [0.2, 0.25) is 0 Å². The Morgan fingerprint density at radius 1 is 1.29 bits per heavy atom. The van der Waals surface area contributed by atoms with Crippen molar-refractivity contribution in [3.8, 4) is 5.75 Å². The van der Waals surface area contributed by atoms with Gasteiger partial charge in [-0.2, -0.15) is 11.8 Å². The first-order valence-corrected chi connectivity index (χ1v) is 9.43. The van der Waals surface area contributed by atoms with Crippen LogP contribution in [0, 0.1) is 0 Å². The highest BCUT2D eigenvalue weighted by Gasteiger charge is 2.15. The highest BCUT2D eigenvalue weighted by molar-refractivity contribution is 14.0. The molecule has 0 spiro atoms. The van der Waals surface area contributed by atoms with E-state index in [0.717, 1.165) is 44.2 Å². The van der Waals surface area contributed by atoms with Crippen LogP contribution in [-0.4, -0.2) is 43.7 Å². The lowest BCUT2D eigenvalue weighted by Gasteiger charge is -2.20. The Balaban J connectivity index is 0.00000529. The number of methoxy groups -OCH3 is 1. The minimum Gasteiger partial charge on any atom is -0.497 e. The van der Waals surface area contributed by atoms with Crippen LogP contribution >= 0.6 is 35.7 Å². The largest absolute Gasteiger partial charge is 0.497 e. The molecule has 1 aromatic rings. The van der Waals surface area contributed by atoms with Crippen molar-refractivity contribution in [2.45, 2.75) is 38.4 Å². The van der Waals surface area contributed by atoms with Gasteiger partial charge in [0.05, 0.1) is 13.7 Å². The van der Waals surface area contributed by atoms with Crippen molar-refractivity contribution in [3.05, 3.63) is 29.8 Å². The second-order valence-electron chi connectivity index (χ2n) is 6.04. The molecule has 1 rings (SSSR count). The van der Waals surface area contributed by atoms with Gasteiger partial charge in [-0.05, 0) is 57.6 Å². The molecule has 138 valence electrons. The quantitative estimate of drug-likeness (QED) is 0.251. The molecule has 0 aliphatic heterocycles. The van der Waals surface area contributed by atoms with Gasteiger partial charge in [-0.15, -0.1) is 24.0 Å². The van der Waals surface area contributed by atoms with Gasteiger partial charge in [-0.1, -0.05) is 12.1 Å². The van der Waals surface area contributed by atoms with Gasteiger partial charge >= 0.3 is 0 Å². The Kier molecular flexibility index (Phi) is 12.4. The maximum atomic E-state index is 5.26. The highest BCUT2D eigenvalue weighted by Crippen LogP contribution is 2.20. The number of guanidine groups is 1. The third-order valence-corrected chi connectivity index (χ3v) is 4.82. The molecule has 0 saturated heterocycles. The number of benzene rings is 1. The van der Waals surface area contributed by atoms with Crippen LogP contribution in [0.25, 0.3) is 0 Å². The minimum atomic E-state index is 0. The number of hydrogen-bond donors (Lipinski definition) is 2. The molecule has 0 aromatic heterocycles. The van der Waals surface area contributed by atoms with Gasteiger partial charge in [0.15, 0.2) is 5.96 Å². The van der Waals surface area contributed by atoms with Gasteiger partial charge < -0.3 is 15.4 Å². The van der Waals surface area contributed by atoms with Gasteiger partial charge in [0.25, 0.3) is 0 Å². The first-order chi connectivity index (χ1) is 11.0. The number of aryl methyl sites for hydroxylation is 1. The summed E-state index contributed by atoms with van der Waals surface area (Å²) in [4.78, 5) is 4.68. The lowest BCUT2D eigenvalue weighted by Crippen LogP contribution is -2.39. The van der Waals surface area contributed by atoms with Crippen molar-refractivity contribution in [2.75, 3.05) is 33.0 Å². The van der Waals surface area contributed by atoms with Gasteiger partial charge in [-0.25, -0.2) is 0 Å². The van der Waals surface area contributed by atoms with Gasteiger partial charge in [0, 0.05) is 17.8 Å². The third kappa shape index (κ3) is 9.61. The van der Waals surface area contributed by atoms with E-state index >= 15 is 0 Å². The lowest BCUT2D eigenvalue weighted by molar-refractivity contribution is 0.414. The molecule has 0 saturated carbocycles. The summed E-state index contributed by atoms with van der Waals surface area (Å²) in [6.45, 7) is 9.11. The summed E-state index contributed by atoms with van der Waals surface area (Å²) in [5.41, 5.74) is 1.30. The van der Waals surface area contributed by atoms with Gasteiger partial charge in [-0.3, -0.25) is 4.99 Å². The Labute approximate surface area is 168 Å². The smallest absolute Gasteiger partial charge is 0.191 e. The molecule has 2 N–H and O–H groups in total. The van der Waals surface area contributed by atoms with Crippen molar-refractivity contribution < 1.29 is 4.74 Å².